The lowest BCUT2D eigenvalue weighted by molar-refractivity contribution is 0.252. The van der Waals surface area contributed by atoms with E-state index in [1.807, 2.05) is 61.5 Å². The van der Waals surface area contributed by atoms with E-state index in [-0.39, 0.29) is 6.03 Å². The van der Waals surface area contributed by atoms with Gasteiger partial charge in [0.15, 0.2) is 12.0 Å². The summed E-state index contributed by atoms with van der Waals surface area (Å²) in [6, 6.07) is 9.47. The first-order chi connectivity index (χ1) is 14.1. The Bertz CT molecular complexity index is 978. The molecule has 0 spiro atoms. The molecule has 1 aromatic carbocycles. The SMILES string of the molecule is CCNC(=O)Nc1ccc(SN2C=C(Nc3cc(C)[nH]n3)[N+]3C=CN=C3C2)cc1. The van der Waals surface area contributed by atoms with Crippen molar-refractivity contribution in [1.82, 2.24) is 24.7 Å². The summed E-state index contributed by atoms with van der Waals surface area (Å²) < 4.78 is 2.11. The van der Waals surface area contributed by atoms with Crippen LogP contribution >= 0.6 is 11.9 Å². The standard InChI is InChI=1S/C19H22N8OS/c1-3-20-19(28)22-14-4-6-15(7-5-14)29-26-11-17-21-8-9-27(17)18(12-26)23-16-10-13(2)24-25-16/h4-10,12H,3,11H2,1-2H3,(H2,20,22,28)(H2,23,24,25)/q+1. The van der Waals surface area contributed by atoms with Crippen molar-refractivity contribution in [3.63, 3.8) is 0 Å². The number of nitrogens with zero attached hydrogens (tertiary/aromatic N) is 4. The van der Waals surface area contributed by atoms with E-state index in [1.165, 1.54) is 0 Å². The van der Waals surface area contributed by atoms with Gasteiger partial charge in [0.1, 0.15) is 6.54 Å². The summed E-state index contributed by atoms with van der Waals surface area (Å²) in [5.41, 5.74) is 1.74. The number of hydrogen-bond acceptors (Lipinski definition) is 7. The smallest absolute Gasteiger partial charge is 0.319 e. The monoisotopic (exact) mass is 410 g/mol. The van der Waals surface area contributed by atoms with E-state index in [1.54, 1.807) is 18.1 Å². The van der Waals surface area contributed by atoms with Crippen LogP contribution in [0.5, 0.6) is 0 Å². The van der Waals surface area contributed by atoms with Gasteiger partial charge in [-0.25, -0.2) is 4.79 Å². The van der Waals surface area contributed by atoms with Crippen LogP contribution in [-0.4, -0.2) is 39.5 Å². The van der Waals surface area contributed by atoms with Gasteiger partial charge in [0, 0.05) is 28.9 Å². The van der Waals surface area contributed by atoms with Crippen LogP contribution < -0.4 is 20.9 Å². The molecular formula is C19H22N8OS+. The van der Waals surface area contributed by atoms with Crippen LogP contribution in [0.1, 0.15) is 12.6 Å². The van der Waals surface area contributed by atoms with Gasteiger partial charge in [-0.3, -0.25) is 14.7 Å². The summed E-state index contributed by atoms with van der Waals surface area (Å²) >= 11 is 1.60. The molecule has 4 rings (SSSR count). The molecule has 29 heavy (non-hydrogen) atoms. The van der Waals surface area contributed by atoms with Crippen LogP contribution in [0, 0.1) is 6.92 Å². The third kappa shape index (κ3) is 4.61. The van der Waals surface area contributed by atoms with Crippen LogP contribution in [-0.2, 0) is 0 Å². The summed E-state index contributed by atoms with van der Waals surface area (Å²) in [5.74, 6) is 2.56. The number of carbonyl (C=O) groups excluding carboxylic acids is 1. The number of aryl methyl sites for hydroxylation is 1. The number of carbonyl (C=O) groups is 1. The minimum atomic E-state index is -0.206. The van der Waals surface area contributed by atoms with Crippen molar-refractivity contribution < 1.29 is 4.79 Å². The number of rotatable bonds is 6. The highest BCUT2D eigenvalue weighted by Gasteiger charge is 2.37. The van der Waals surface area contributed by atoms with Gasteiger partial charge >= 0.3 is 6.03 Å². The largest absolute Gasteiger partial charge is 0.338 e. The maximum absolute atomic E-state index is 11.6. The molecule has 2 aromatic rings. The van der Waals surface area contributed by atoms with Crippen LogP contribution in [0.25, 0.3) is 0 Å². The maximum Gasteiger partial charge on any atom is 0.319 e. The molecule has 1 aromatic heterocycles. The molecule has 9 nitrogen and oxygen atoms in total. The van der Waals surface area contributed by atoms with Crippen LogP contribution in [0.4, 0.5) is 16.3 Å². The second-order valence-corrected chi connectivity index (χ2v) is 7.59. The van der Waals surface area contributed by atoms with Crippen molar-refractivity contribution in [1.29, 1.82) is 0 Å². The fourth-order valence-electron chi connectivity index (χ4n) is 2.89. The zero-order valence-corrected chi connectivity index (χ0v) is 17.0. The summed E-state index contributed by atoms with van der Waals surface area (Å²) in [6.45, 7) is 5.10. The molecule has 2 aliphatic heterocycles. The van der Waals surface area contributed by atoms with E-state index in [2.05, 4.69) is 35.4 Å². The van der Waals surface area contributed by atoms with Crippen molar-refractivity contribution >= 4 is 35.3 Å². The number of urea groups is 1. The molecule has 4 N–H and O–H groups in total. The lowest BCUT2D eigenvalue weighted by Crippen LogP contribution is -2.42. The Morgan fingerprint density at radius 1 is 1.34 bits per heavy atom. The topological polar surface area (TPSA) is 103 Å². The Morgan fingerprint density at radius 2 is 2.17 bits per heavy atom. The van der Waals surface area contributed by atoms with Crippen LogP contribution in [0.15, 0.2) is 64.6 Å². The van der Waals surface area contributed by atoms with Crippen molar-refractivity contribution in [2.75, 3.05) is 23.7 Å². The predicted octanol–water partition coefficient (Wildman–Crippen LogP) is 3.12. The molecule has 0 atom stereocenters. The first kappa shape index (κ1) is 19.1. The molecule has 0 fully saturated rings. The number of aromatic amines is 1. The average molecular weight is 411 g/mol. The molecule has 149 valence electrons. The molecule has 0 bridgehead atoms. The number of amides is 2. The Balaban J connectivity index is 1.45. The van der Waals surface area contributed by atoms with Crippen LogP contribution in [0.3, 0.4) is 0 Å². The number of aliphatic imine (C=N–C) groups is 1. The molecule has 2 aliphatic rings. The van der Waals surface area contributed by atoms with Gasteiger partial charge in [0.05, 0.1) is 12.4 Å². The highest BCUT2D eigenvalue weighted by molar-refractivity contribution is 7.97. The van der Waals surface area contributed by atoms with Gasteiger partial charge in [-0.1, -0.05) is 0 Å². The Morgan fingerprint density at radius 3 is 2.90 bits per heavy atom. The number of aromatic nitrogens is 2. The van der Waals surface area contributed by atoms with E-state index in [0.717, 1.165) is 33.8 Å². The molecule has 0 unspecified atom stereocenters. The molecular weight excluding hydrogens is 388 g/mol. The quantitative estimate of drug-likeness (QED) is 0.433. The molecule has 0 saturated carbocycles. The minimum absolute atomic E-state index is 0.206. The van der Waals surface area contributed by atoms with Gasteiger partial charge in [-0.05, 0) is 55.0 Å². The zero-order valence-electron chi connectivity index (χ0n) is 16.1. The molecule has 10 heteroatoms. The number of anilines is 2. The molecule has 0 aliphatic carbocycles. The number of hydrogen-bond donors (Lipinski definition) is 4. The van der Waals surface area contributed by atoms with E-state index >= 15 is 0 Å². The number of nitrogens with one attached hydrogen (secondary N) is 4. The Kier molecular flexibility index (Phi) is 5.54. The third-order valence-corrected chi connectivity index (χ3v) is 5.13. The first-order valence-corrected chi connectivity index (χ1v) is 10.0. The highest BCUT2D eigenvalue weighted by atomic mass is 32.2. The number of fused-ring (bicyclic) bond motifs is 1. The molecule has 0 saturated heterocycles. The highest BCUT2D eigenvalue weighted by Crippen LogP contribution is 2.29. The second-order valence-electron chi connectivity index (χ2n) is 6.46. The fourth-order valence-corrected chi connectivity index (χ4v) is 3.75. The van der Waals surface area contributed by atoms with E-state index in [9.17, 15) is 4.79 Å². The van der Waals surface area contributed by atoms with Crippen molar-refractivity contribution in [2.45, 2.75) is 18.7 Å². The van der Waals surface area contributed by atoms with Crippen LogP contribution in [0.2, 0.25) is 0 Å². The van der Waals surface area contributed by atoms with Gasteiger partial charge < -0.3 is 10.6 Å². The van der Waals surface area contributed by atoms with Crippen molar-refractivity contribution in [2.24, 2.45) is 4.99 Å². The second kappa shape index (κ2) is 8.41. The fraction of sp³-hybridized carbons (Fsp3) is 0.211. The Labute approximate surface area is 173 Å². The third-order valence-electron chi connectivity index (χ3n) is 4.17. The summed E-state index contributed by atoms with van der Waals surface area (Å²) in [5, 5.41) is 16.0. The first-order valence-electron chi connectivity index (χ1n) is 9.23. The lowest BCUT2D eigenvalue weighted by Gasteiger charge is -2.24. The number of benzene rings is 1. The van der Waals surface area contributed by atoms with Gasteiger partial charge in [-0.15, -0.1) is 0 Å². The van der Waals surface area contributed by atoms with Gasteiger partial charge in [0.2, 0.25) is 0 Å². The van der Waals surface area contributed by atoms with Crippen molar-refractivity contribution in [3.8, 4) is 0 Å². The van der Waals surface area contributed by atoms with Gasteiger partial charge in [-0.2, -0.15) is 10.1 Å². The molecule has 3 heterocycles. The summed E-state index contributed by atoms with van der Waals surface area (Å²) in [4.78, 5) is 19.1. The minimum Gasteiger partial charge on any atom is -0.338 e. The number of amidine groups is 1. The van der Waals surface area contributed by atoms with E-state index in [4.69, 9.17) is 0 Å². The number of H-pyrrole nitrogens is 1. The molecule has 1 radical (unpaired) electrons. The Hall–Kier alpha value is -3.24. The lowest BCUT2D eigenvalue weighted by atomic mass is 10.3. The van der Waals surface area contributed by atoms with E-state index in [0.29, 0.717) is 13.1 Å². The average Bonchev–Trinajstić information content (AvgIpc) is 3.32. The zero-order chi connectivity index (χ0) is 20.2. The summed E-state index contributed by atoms with van der Waals surface area (Å²) in [6.07, 6.45) is 5.75. The van der Waals surface area contributed by atoms with Gasteiger partial charge in [0.25, 0.3) is 11.7 Å². The maximum atomic E-state index is 11.6. The molecule has 2 amide bonds. The van der Waals surface area contributed by atoms with E-state index < -0.39 is 0 Å². The summed E-state index contributed by atoms with van der Waals surface area (Å²) in [7, 11) is 0. The predicted molar refractivity (Wildman–Crippen MR) is 115 cm³/mol. The normalized spacial score (nSPS) is 15.6. The van der Waals surface area contributed by atoms with Crippen molar-refractivity contribution in [3.05, 3.63) is 60.4 Å².